The van der Waals surface area contributed by atoms with Crippen molar-refractivity contribution < 1.29 is 14.3 Å². The van der Waals surface area contributed by atoms with Crippen LogP contribution in [0.15, 0.2) is 53.4 Å². The van der Waals surface area contributed by atoms with Crippen LogP contribution in [0, 0.1) is 5.92 Å². The first kappa shape index (κ1) is 20.3. The summed E-state index contributed by atoms with van der Waals surface area (Å²) in [6.07, 6.45) is 2.09. The van der Waals surface area contributed by atoms with Crippen LogP contribution in [0.3, 0.4) is 0 Å². The van der Waals surface area contributed by atoms with Crippen LogP contribution in [-0.4, -0.2) is 42.7 Å². The van der Waals surface area contributed by atoms with Gasteiger partial charge in [-0.3, -0.25) is 9.59 Å². The molecule has 0 radical (unpaired) electrons. The van der Waals surface area contributed by atoms with Crippen molar-refractivity contribution in [2.24, 2.45) is 5.92 Å². The average molecular weight is 399 g/mol. The highest BCUT2D eigenvalue weighted by atomic mass is 32.2. The zero-order chi connectivity index (χ0) is 19.9. The number of benzene rings is 2. The second-order valence-corrected chi connectivity index (χ2v) is 8.06. The van der Waals surface area contributed by atoms with Gasteiger partial charge in [0.15, 0.2) is 0 Å². The van der Waals surface area contributed by atoms with Gasteiger partial charge < -0.3 is 15.0 Å². The van der Waals surface area contributed by atoms with Crippen LogP contribution in [0.1, 0.15) is 30.1 Å². The lowest BCUT2D eigenvalue weighted by molar-refractivity contribution is -0.113. The van der Waals surface area contributed by atoms with Crippen LogP contribution in [0.4, 0.5) is 5.69 Å². The van der Waals surface area contributed by atoms with Crippen LogP contribution < -0.4 is 10.1 Å². The minimum Gasteiger partial charge on any atom is -0.497 e. The third kappa shape index (κ3) is 5.29. The van der Waals surface area contributed by atoms with Crippen molar-refractivity contribution in [2.45, 2.75) is 24.7 Å². The molecule has 0 atom stereocenters. The summed E-state index contributed by atoms with van der Waals surface area (Å²) in [4.78, 5) is 28.0. The fourth-order valence-electron chi connectivity index (χ4n) is 3.19. The van der Waals surface area contributed by atoms with E-state index >= 15 is 0 Å². The number of nitrogens with zero attached hydrogens (tertiary/aromatic N) is 1. The highest BCUT2D eigenvalue weighted by Crippen LogP contribution is 2.26. The Morgan fingerprint density at radius 1 is 1.14 bits per heavy atom. The number of rotatable bonds is 6. The first-order valence-corrected chi connectivity index (χ1v) is 10.5. The number of ether oxygens (including phenoxy) is 1. The average Bonchev–Trinajstić information content (AvgIpc) is 2.72. The van der Waals surface area contributed by atoms with Crippen LogP contribution in [0.2, 0.25) is 0 Å². The highest BCUT2D eigenvalue weighted by molar-refractivity contribution is 8.00. The molecule has 2 amide bonds. The lowest BCUT2D eigenvalue weighted by atomic mass is 9.98. The van der Waals surface area contributed by atoms with Gasteiger partial charge >= 0.3 is 0 Å². The zero-order valence-electron chi connectivity index (χ0n) is 16.3. The number of anilines is 1. The first-order valence-electron chi connectivity index (χ1n) is 9.52. The Kier molecular flexibility index (Phi) is 6.98. The second-order valence-electron chi connectivity index (χ2n) is 7.04. The Labute approximate surface area is 170 Å². The van der Waals surface area contributed by atoms with E-state index < -0.39 is 0 Å². The van der Waals surface area contributed by atoms with E-state index in [0.717, 1.165) is 30.8 Å². The maximum atomic E-state index is 12.9. The number of thioether (sulfide) groups is 1. The van der Waals surface area contributed by atoms with Crippen LogP contribution in [0.5, 0.6) is 5.75 Å². The van der Waals surface area contributed by atoms with E-state index in [1.54, 1.807) is 13.2 Å². The monoisotopic (exact) mass is 398 g/mol. The van der Waals surface area contributed by atoms with Crippen molar-refractivity contribution in [3.63, 3.8) is 0 Å². The molecule has 0 aliphatic carbocycles. The van der Waals surface area contributed by atoms with E-state index in [9.17, 15) is 9.59 Å². The fraction of sp³-hybridized carbons (Fsp3) is 0.364. The summed E-state index contributed by atoms with van der Waals surface area (Å²) >= 11 is 1.39. The van der Waals surface area contributed by atoms with Gasteiger partial charge in [0.2, 0.25) is 5.91 Å². The summed E-state index contributed by atoms with van der Waals surface area (Å²) in [5, 5.41) is 2.87. The molecule has 6 heteroatoms. The van der Waals surface area contributed by atoms with Gasteiger partial charge in [-0.2, -0.15) is 0 Å². The summed E-state index contributed by atoms with van der Waals surface area (Å²) in [5.41, 5.74) is 1.37. The van der Waals surface area contributed by atoms with Crippen LogP contribution >= 0.6 is 11.8 Å². The summed E-state index contributed by atoms with van der Waals surface area (Å²) in [7, 11) is 1.59. The first-order chi connectivity index (χ1) is 13.6. The van der Waals surface area contributed by atoms with E-state index in [2.05, 4.69) is 12.2 Å². The van der Waals surface area contributed by atoms with Gasteiger partial charge in [0.1, 0.15) is 5.75 Å². The lowest BCUT2D eigenvalue weighted by Crippen LogP contribution is -2.38. The lowest BCUT2D eigenvalue weighted by Gasteiger charge is -2.30. The molecule has 0 aromatic heterocycles. The minimum absolute atomic E-state index is 0.0585. The molecule has 1 heterocycles. The van der Waals surface area contributed by atoms with E-state index in [1.165, 1.54) is 11.8 Å². The van der Waals surface area contributed by atoms with Gasteiger partial charge in [-0.1, -0.05) is 25.1 Å². The summed E-state index contributed by atoms with van der Waals surface area (Å²) < 4.78 is 5.17. The maximum absolute atomic E-state index is 12.9. The highest BCUT2D eigenvalue weighted by Gasteiger charge is 2.23. The van der Waals surface area contributed by atoms with Crippen molar-refractivity contribution in [3.8, 4) is 5.75 Å². The smallest absolute Gasteiger partial charge is 0.254 e. The van der Waals surface area contributed by atoms with E-state index in [4.69, 9.17) is 4.74 Å². The molecule has 1 N–H and O–H groups in total. The number of nitrogens with one attached hydrogen (secondary N) is 1. The molecule has 28 heavy (non-hydrogen) atoms. The Bertz CT molecular complexity index is 832. The van der Waals surface area contributed by atoms with E-state index in [-0.39, 0.29) is 17.6 Å². The number of carbonyl (C=O) groups excluding carboxylic acids is 2. The van der Waals surface area contributed by atoms with Crippen molar-refractivity contribution in [2.75, 3.05) is 31.3 Å². The Morgan fingerprint density at radius 3 is 2.64 bits per heavy atom. The third-order valence-electron chi connectivity index (χ3n) is 4.90. The van der Waals surface area contributed by atoms with Gasteiger partial charge in [0.25, 0.3) is 5.91 Å². The Hall–Kier alpha value is -2.47. The molecule has 0 unspecified atom stereocenters. The normalized spacial score (nSPS) is 14.6. The number of methoxy groups -OCH3 is 1. The quantitative estimate of drug-likeness (QED) is 0.737. The number of amides is 2. The van der Waals surface area contributed by atoms with Crippen molar-refractivity contribution >= 4 is 29.3 Å². The number of hydrogen-bond donors (Lipinski definition) is 1. The Morgan fingerprint density at radius 2 is 1.89 bits per heavy atom. The molecular formula is C22H26N2O3S. The van der Waals surface area contributed by atoms with Crippen molar-refractivity contribution in [3.05, 3.63) is 54.1 Å². The molecule has 0 spiro atoms. The Balaban J connectivity index is 1.61. The minimum atomic E-state index is -0.118. The summed E-state index contributed by atoms with van der Waals surface area (Å²) in [6.45, 7) is 3.83. The van der Waals surface area contributed by atoms with E-state index in [0.29, 0.717) is 22.9 Å². The van der Waals surface area contributed by atoms with Gasteiger partial charge in [0, 0.05) is 29.7 Å². The fourth-order valence-corrected chi connectivity index (χ4v) is 4.04. The SMILES string of the molecule is COc1cccc(NC(=O)CSc2ccccc2C(=O)N2CCC(C)CC2)c1. The van der Waals surface area contributed by atoms with Gasteiger partial charge in [-0.05, 0) is 43.0 Å². The zero-order valence-corrected chi connectivity index (χ0v) is 17.1. The molecule has 0 saturated carbocycles. The molecular weight excluding hydrogens is 372 g/mol. The van der Waals surface area contributed by atoms with Gasteiger partial charge in [0.05, 0.1) is 18.4 Å². The molecule has 3 rings (SSSR count). The number of likely N-dealkylation sites (tertiary alicyclic amines) is 1. The van der Waals surface area contributed by atoms with Gasteiger partial charge in [-0.15, -0.1) is 11.8 Å². The molecule has 1 fully saturated rings. The predicted octanol–water partition coefficient (Wildman–Crippen LogP) is 4.30. The van der Waals surface area contributed by atoms with Crippen LogP contribution in [-0.2, 0) is 4.79 Å². The summed E-state index contributed by atoms with van der Waals surface area (Å²) in [5.74, 6) is 1.54. The molecule has 5 nitrogen and oxygen atoms in total. The topological polar surface area (TPSA) is 58.6 Å². The third-order valence-corrected chi connectivity index (χ3v) is 5.97. The molecule has 2 aromatic rings. The molecule has 1 aliphatic rings. The number of hydrogen-bond acceptors (Lipinski definition) is 4. The molecule has 1 saturated heterocycles. The molecule has 2 aromatic carbocycles. The molecule has 1 aliphatic heterocycles. The van der Waals surface area contributed by atoms with Crippen LogP contribution in [0.25, 0.3) is 0 Å². The predicted molar refractivity (Wildman–Crippen MR) is 113 cm³/mol. The molecule has 0 bridgehead atoms. The summed E-state index contributed by atoms with van der Waals surface area (Å²) in [6, 6.07) is 14.8. The largest absolute Gasteiger partial charge is 0.497 e. The van der Waals surface area contributed by atoms with Gasteiger partial charge in [-0.25, -0.2) is 0 Å². The number of piperidine rings is 1. The second kappa shape index (κ2) is 9.64. The number of carbonyl (C=O) groups is 2. The maximum Gasteiger partial charge on any atom is 0.254 e. The van der Waals surface area contributed by atoms with Crippen molar-refractivity contribution in [1.29, 1.82) is 0 Å². The standard InChI is InChI=1S/C22H26N2O3S/c1-16-10-12-24(13-11-16)22(26)19-8-3-4-9-20(19)28-15-21(25)23-17-6-5-7-18(14-17)27-2/h3-9,14,16H,10-13,15H2,1-2H3,(H,23,25). The molecule has 148 valence electrons. The van der Waals surface area contributed by atoms with E-state index in [1.807, 2.05) is 47.4 Å². The van der Waals surface area contributed by atoms with Crippen molar-refractivity contribution in [1.82, 2.24) is 4.90 Å².